The van der Waals surface area contributed by atoms with Crippen molar-refractivity contribution in [2.75, 3.05) is 13.2 Å². The summed E-state index contributed by atoms with van der Waals surface area (Å²) in [6.45, 7) is 4.81. The van der Waals surface area contributed by atoms with Crippen LogP contribution >= 0.6 is 0 Å². The Hall–Kier alpha value is -2.44. The van der Waals surface area contributed by atoms with Gasteiger partial charge in [0.25, 0.3) is 0 Å². The van der Waals surface area contributed by atoms with Crippen molar-refractivity contribution in [1.82, 2.24) is 5.32 Å². The number of rotatable bonds is 58. The van der Waals surface area contributed by atoms with E-state index in [1.807, 2.05) is 6.08 Å². The van der Waals surface area contributed by atoms with Crippen LogP contribution in [0.25, 0.3) is 0 Å². The van der Waals surface area contributed by atoms with Crippen LogP contribution in [0.1, 0.15) is 322 Å². The lowest BCUT2D eigenvalue weighted by Crippen LogP contribution is -2.45. The van der Waals surface area contributed by atoms with Gasteiger partial charge in [-0.3, -0.25) is 9.59 Å². The lowest BCUT2D eigenvalue weighted by molar-refractivity contribution is -0.143. The number of aliphatic hydroxyl groups is 2. The zero-order chi connectivity index (χ0) is 52.2. The third-order valence-electron chi connectivity index (χ3n) is 14.2. The van der Waals surface area contributed by atoms with Gasteiger partial charge in [0, 0.05) is 12.8 Å². The maximum absolute atomic E-state index is 12.4. The summed E-state index contributed by atoms with van der Waals surface area (Å²) in [5, 5.41) is 23.0. The molecule has 0 radical (unpaired) electrons. The SMILES string of the molecule is CCC/C=C\C/C=C\CCCCCCCC(=O)OCCCCCCCCCCC/C=C\C/C=C\CCCCCCCCCCCCCCCCCCCC(=O)NC(CO)C(O)/C=C/CCCCCCCCC. The van der Waals surface area contributed by atoms with Crippen molar-refractivity contribution in [2.24, 2.45) is 0 Å². The molecule has 0 aliphatic heterocycles. The van der Waals surface area contributed by atoms with Crippen molar-refractivity contribution in [3.8, 4) is 0 Å². The molecular weight excluding hydrogens is 887 g/mol. The Balaban J connectivity index is 3.38. The molecule has 0 saturated heterocycles. The van der Waals surface area contributed by atoms with Gasteiger partial charge in [0.15, 0.2) is 0 Å². The minimum atomic E-state index is -0.841. The van der Waals surface area contributed by atoms with Crippen molar-refractivity contribution >= 4 is 11.9 Å². The zero-order valence-corrected chi connectivity index (χ0v) is 47.9. The van der Waals surface area contributed by atoms with Gasteiger partial charge in [0.05, 0.1) is 25.4 Å². The fraction of sp³-hybridized carbons (Fsp3) is 0.818. The number of unbranched alkanes of at least 4 members (excludes halogenated alkanes) is 39. The number of amides is 1. The summed E-state index contributed by atoms with van der Waals surface area (Å²) in [7, 11) is 0. The van der Waals surface area contributed by atoms with Gasteiger partial charge >= 0.3 is 5.97 Å². The molecule has 2 unspecified atom stereocenters. The molecule has 72 heavy (non-hydrogen) atoms. The molecule has 3 N–H and O–H groups in total. The molecular formula is C66H121NO5. The van der Waals surface area contributed by atoms with Gasteiger partial charge in [-0.2, -0.15) is 0 Å². The second kappa shape index (κ2) is 61.1. The Labute approximate surface area is 448 Å². The number of carbonyl (C=O) groups is 2. The molecule has 0 aliphatic carbocycles. The van der Waals surface area contributed by atoms with Crippen molar-refractivity contribution in [2.45, 2.75) is 334 Å². The molecule has 0 aromatic rings. The Bertz CT molecular complexity index is 1250. The minimum Gasteiger partial charge on any atom is -0.466 e. The van der Waals surface area contributed by atoms with Crippen molar-refractivity contribution in [1.29, 1.82) is 0 Å². The van der Waals surface area contributed by atoms with Crippen molar-refractivity contribution in [3.63, 3.8) is 0 Å². The third kappa shape index (κ3) is 56.8. The summed E-state index contributed by atoms with van der Waals surface area (Å²) in [6, 6.07) is -0.625. The van der Waals surface area contributed by atoms with Gasteiger partial charge < -0.3 is 20.3 Å². The third-order valence-corrected chi connectivity index (χ3v) is 14.2. The molecule has 0 fully saturated rings. The van der Waals surface area contributed by atoms with E-state index in [0.717, 1.165) is 57.8 Å². The van der Waals surface area contributed by atoms with Crippen LogP contribution in [0, 0.1) is 0 Å². The highest BCUT2D eigenvalue weighted by Crippen LogP contribution is 2.17. The second-order valence-electron chi connectivity index (χ2n) is 21.4. The van der Waals surface area contributed by atoms with E-state index in [1.165, 1.54) is 238 Å². The number of carbonyl (C=O) groups excluding carboxylic acids is 2. The molecule has 0 saturated carbocycles. The predicted octanol–water partition coefficient (Wildman–Crippen LogP) is 19.9. The van der Waals surface area contributed by atoms with E-state index in [1.54, 1.807) is 6.08 Å². The van der Waals surface area contributed by atoms with Gasteiger partial charge in [-0.1, -0.05) is 280 Å². The summed E-state index contributed by atoms with van der Waals surface area (Å²) in [5.41, 5.74) is 0. The average Bonchev–Trinajstić information content (AvgIpc) is 3.38. The summed E-state index contributed by atoms with van der Waals surface area (Å²) in [4.78, 5) is 24.4. The number of allylic oxidation sites excluding steroid dienone is 9. The molecule has 0 aromatic heterocycles. The monoisotopic (exact) mass is 1010 g/mol. The molecule has 0 aromatic carbocycles. The first-order chi connectivity index (χ1) is 35.5. The summed E-state index contributed by atoms with van der Waals surface area (Å²) in [5.74, 6) is -0.0711. The lowest BCUT2D eigenvalue weighted by Gasteiger charge is -2.20. The van der Waals surface area contributed by atoms with E-state index >= 15 is 0 Å². The van der Waals surface area contributed by atoms with Gasteiger partial charge in [-0.25, -0.2) is 0 Å². The number of ether oxygens (including phenoxy) is 1. The highest BCUT2D eigenvalue weighted by atomic mass is 16.5. The standard InChI is InChI=1S/C66H121NO5/c1-3-5-7-9-11-13-14-36-40-44-48-52-56-60-66(71)72-61-57-53-49-45-41-38-35-33-31-29-27-25-23-21-19-17-15-16-18-20-22-24-26-28-30-32-34-37-39-43-47-51-55-59-65(70)67-63(62-68)64(69)58-54-50-46-42-12-10-8-6-4-2/h7,9,13-14,19,21,25,27,54,58,63-64,68-69H,3-6,8,10-12,15-18,20,22-24,26,28-53,55-57,59-62H2,1-2H3,(H,67,70)/b9-7-,14-13-,21-19-,27-25-,58-54+. The normalized spacial score (nSPS) is 13.0. The van der Waals surface area contributed by atoms with Crippen molar-refractivity contribution < 1.29 is 24.5 Å². The molecule has 1 amide bonds. The average molecular weight is 1010 g/mol. The van der Waals surface area contributed by atoms with E-state index in [-0.39, 0.29) is 18.5 Å². The molecule has 6 nitrogen and oxygen atoms in total. The molecule has 0 heterocycles. The highest BCUT2D eigenvalue weighted by Gasteiger charge is 2.18. The first kappa shape index (κ1) is 69.6. The molecule has 0 rings (SSSR count). The van der Waals surface area contributed by atoms with Gasteiger partial charge in [0.1, 0.15) is 0 Å². The van der Waals surface area contributed by atoms with Crippen LogP contribution in [-0.2, 0) is 14.3 Å². The fourth-order valence-corrected chi connectivity index (χ4v) is 9.41. The van der Waals surface area contributed by atoms with Gasteiger partial charge in [-0.05, 0) is 89.9 Å². The molecule has 0 bridgehead atoms. The first-order valence-corrected chi connectivity index (χ1v) is 31.6. The Morgan fingerprint density at radius 1 is 0.389 bits per heavy atom. The molecule has 6 heteroatoms. The molecule has 0 aliphatic rings. The summed E-state index contributed by atoms with van der Waals surface area (Å²) >= 11 is 0. The van der Waals surface area contributed by atoms with E-state index in [4.69, 9.17) is 4.74 Å². The number of nitrogens with one attached hydrogen (secondary N) is 1. The van der Waals surface area contributed by atoms with E-state index in [0.29, 0.717) is 19.4 Å². The second-order valence-corrected chi connectivity index (χ2v) is 21.4. The topological polar surface area (TPSA) is 95.9 Å². The van der Waals surface area contributed by atoms with Crippen LogP contribution in [0.15, 0.2) is 60.8 Å². The summed E-state index contributed by atoms with van der Waals surface area (Å²) < 4.78 is 5.47. The highest BCUT2D eigenvalue weighted by molar-refractivity contribution is 5.76. The minimum absolute atomic E-state index is 0.00219. The number of hydrogen-bond donors (Lipinski definition) is 3. The Kier molecular flexibility index (Phi) is 59.0. The van der Waals surface area contributed by atoms with E-state index in [2.05, 4.69) is 67.8 Å². The quantitative estimate of drug-likeness (QED) is 0.0320. The maximum atomic E-state index is 12.4. The first-order valence-electron chi connectivity index (χ1n) is 31.6. The number of esters is 1. The van der Waals surface area contributed by atoms with E-state index < -0.39 is 12.1 Å². The van der Waals surface area contributed by atoms with Crippen molar-refractivity contribution in [3.05, 3.63) is 60.8 Å². The van der Waals surface area contributed by atoms with Crippen LogP contribution in [0.3, 0.4) is 0 Å². The van der Waals surface area contributed by atoms with Crippen LogP contribution in [0.2, 0.25) is 0 Å². The van der Waals surface area contributed by atoms with Gasteiger partial charge in [-0.15, -0.1) is 0 Å². The molecule has 420 valence electrons. The number of hydrogen-bond acceptors (Lipinski definition) is 5. The van der Waals surface area contributed by atoms with E-state index in [9.17, 15) is 19.8 Å². The van der Waals surface area contributed by atoms with Crippen LogP contribution < -0.4 is 5.32 Å². The van der Waals surface area contributed by atoms with Gasteiger partial charge in [0.2, 0.25) is 5.91 Å². The largest absolute Gasteiger partial charge is 0.466 e. The van der Waals surface area contributed by atoms with Crippen LogP contribution in [0.4, 0.5) is 0 Å². The van der Waals surface area contributed by atoms with Crippen LogP contribution in [0.5, 0.6) is 0 Å². The predicted molar refractivity (Wildman–Crippen MR) is 315 cm³/mol. The van der Waals surface area contributed by atoms with Crippen LogP contribution in [-0.4, -0.2) is 47.4 Å². The number of aliphatic hydroxyl groups excluding tert-OH is 2. The smallest absolute Gasteiger partial charge is 0.305 e. The molecule has 0 spiro atoms. The summed E-state index contributed by atoms with van der Waals surface area (Å²) in [6.07, 6.45) is 80.1. The lowest BCUT2D eigenvalue weighted by atomic mass is 10.0. The fourth-order valence-electron chi connectivity index (χ4n) is 9.41. The maximum Gasteiger partial charge on any atom is 0.305 e. The molecule has 2 atom stereocenters. The zero-order valence-electron chi connectivity index (χ0n) is 47.9. The Morgan fingerprint density at radius 3 is 1.11 bits per heavy atom. The Morgan fingerprint density at radius 2 is 0.722 bits per heavy atom.